The summed E-state index contributed by atoms with van der Waals surface area (Å²) in [5, 5.41) is 0.801. The van der Waals surface area contributed by atoms with Crippen LogP contribution in [0.1, 0.15) is 36.7 Å². The lowest BCUT2D eigenvalue weighted by Gasteiger charge is -2.09. The molecular weight excluding hydrogens is 280 g/mol. The van der Waals surface area contributed by atoms with E-state index in [0.717, 1.165) is 41.7 Å². The normalized spacial score (nSPS) is 10.7. The molecule has 0 aliphatic rings. The topological polar surface area (TPSA) is 35.0 Å². The Kier molecular flexibility index (Phi) is 5.62. The molecule has 0 radical (unpaired) electrons. The summed E-state index contributed by atoms with van der Waals surface area (Å²) in [5.74, 6) is 0.937. The number of unbranched alkanes of at least 4 members (excludes halogenated alkanes) is 1. The second-order valence-electron chi connectivity index (χ2n) is 5.16. The van der Waals surface area contributed by atoms with Crippen LogP contribution in [0.2, 0.25) is 0 Å². The molecule has 0 bridgehead atoms. The number of aromatic nitrogens is 2. The van der Waals surface area contributed by atoms with Crippen LogP contribution < -0.4 is 4.74 Å². The predicted molar refractivity (Wildman–Crippen MR) is 87.2 cm³/mol. The number of nitrogens with zero attached hydrogens (tertiary/aromatic N) is 2. The van der Waals surface area contributed by atoms with Gasteiger partial charge in [0, 0.05) is 16.3 Å². The summed E-state index contributed by atoms with van der Waals surface area (Å²) in [6.07, 6.45) is 2.24. The molecule has 0 saturated heterocycles. The number of rotatable bonds is 6. The fourth-order valence-corrected chi connectivity index (χ4v) is 2.93. The molecule has 1 aromatic heterocycles. The van der Waals surface area contributed by atoms with Gasteiger partial charge in [-0.05, 0) is 68.8 Å². The number of benzene rings is 1. The van der Waals surface area contributed by atoms with Gasteiger partial charge >= 0.3 is 0 Å². The SMILES string of the molecule is CCCCOc1ccc(Sc2nc(C)cc(C)n2)c(C)c1. The number of ether oxygens (including phenoxy) is 1. The Morgan fingerprint density at radius 3 is 2.38 bits per heavy atom. The van der Waals surface area contributed by atoms with Crippen LogP contribution in [0.3, 0.4) is 0 Å². The van der Waals surface area contributed by atoms with Crippen LogP contribution in [0.4, 0.5) is 0 Å². The van der Waals surface area contributed by atoms with E-state index >= 15 is 0 Å². The standard InChI is InChI=1S/C17H22N2OS/c1-5-6-9-20-15-7-8-16(12(2)10-15)21-17-18-13(3)11-14(4)19-17/h7-8,10-11H,5-6,9H2,1-4H3. The van der Waals surface area contributed by atoms with Crippen LogP contribution >= 0.6 is 11.8 Å². The first-order chi connectivity index (χ1) is 10.1. The Labute approximate surface area is 131 Å². The maximum Gasteiger partial charge on any atom is 0.192 e. The summed E-state index contributed by atoms with van der Waals surface area (Å²) in [6, 6.07) is 8.18. The highest BCUT2D eigenvalue weighted by Gasteiger charge is 2.06. The van der Waals surface area contributed by atoms with Gasteiger partial charge in [-0.2, -0.15) is 0 Å². The van der Waals surface area contributed by atoms with Crippen LogP contribution in [0.5, 0.6) is 5.75 Å². The third-order valence-electron chi connectivity index (χ3n) is 3.08. The molecule has 0 saturated carbocycles. The minimum atomic E-state index is 0.780. The Morgan fingerprint density at radius 1 is 1.05 bits per heavy atom. The van der Waals surface area contributed by atoms with E-state index in [2.05, 4.69) is 35.9 Å². The lowest BCUT2D eigenvalue weighted by Crippen LogP contribution is -1.97. The van der Waals surface area contributed by atoms with Gasteiger partial charge in [-0.3, -0.25) is 0 Å². The molecule has 0 unspecified atom stereocenters. The van der Waals surface area contributed by atoms with Crippen molar-refractivity contribution in [3.8, 4) is 5.75 Å². The molecule has 0 N–H and O–H groups in total. The summed E-state index contributed by atoms with van der Waals surface area (Å²) in [7, 11) is 0. The van der Waals surface area contributed by atoms with E-state index in [9.17, 15) is 0 Å². The smallest absolute Gasteiger partial charge is 0.192 e. The zero-order chi connectivity index (χ0) is 15.2. The molecule has 0 aliphatic carbocycles. The van der Waals surface area contributed by atoms with E-state index in [1.54, 1.807) is 11.8 Å². The highest BCUT2D eigenvalue weighted by molar-refractivity contribution is 7.99. The van der Waals surface area contributed by atoms with Crippen molar-refractivity contribution in [1.29, 1.82) is 0 Å². The summed E-state index contributed by atoms with van der Waals surface area (Å²) in [5.41, 5.74) is 3.20. The first-order valence-corrected chi connectivity index (χ1v) is 8.13. The second-order valence-corrected chi connectivity index (χ2v) is 6.17. The Bertz CT molecular complexity index is 593. The van der Waals surface area contributed by atoms with Gasteiger partial charge in [-0.1, -0.05) is 13.3 Å². The van der Waals surface area contributed by atoms with E-state index in [4.69, 9.17) is 4.74 Å². The summed E-state index contributed by atoms with van der Waals surface area (Å²) in [6.45, 7) is 9.03. The zero-order valence-corrected chi connectivity index (χ0v) is 14.0. The van der Waals surface area contributed by atoms with Gasteiger partial charge in [0.05, 0.1) is 6.61 Å². The van der Waals surface area contributed by atoms with Gasteiger partial charge in [-0.15, -0.1) is 0 Å². The van der Waals surface area contributed by atoms with E-state index in [1.165, 1.54) is 10.5 Å². The van der Waals surface area contributed by atoms with Crippen molar-refractivity contribution < 1.29 is 4.74 Å². The van der Waals surface area contributed by atoms with Gasteiger partial charge in [0.15, 0.2) is 5.16 Å². The van der Waals surface area contributed by atoms with E-state index in [0.29, 0.717) is 0 Å². The van der Waals surface area contributed by atoms with Crippen molar-refractivity contribution in [2.45, 2.75) is 50.6 Å². The van der Waals surface area contributed by atoms with E-state index in [-0.39, 0.29) is 0 Å². The van der Waals surface area contributed by atoms with Gasteiger partial charge in [0.25, 0.3) is 0 Å². The first kappa shape index (κ1) is 15.8. The molecule has 2 aromatic rings. The molecule has 2 rings (SSSR count). The number of hydrogen-bond donors (Lipinski definition) is 0. The molecule has 1 heterocycles. The minimum absolute atomic E-state index is 0.780. The fraction of sp³-hybridized carbons (Fsp3) is 0.412. The second kappa shape index (κ2) is 7.46. The predicted octanol–water partition coefficient (Wildman–Crippen LogP) is 4.73. The Hall–Kier alpha value is -1.55. The van der Waals surface area contributed by atoms with Crippen molar-refractivity contribution in [2.24, 2.45) is 0 Å². The van der Waals surface area contributed by atoms with E-state index in [1.807, 2.05) is 26.0 Å². The highest BCUT2D eigenvalue weighted by Crippen LogP contribution is 2.30. The summed E-state index contributed by atoms with van der Waals surface area (Å²) in [4.78, 5) is 10.1. The summed E-state index contributed by atoms with van der Waals surface area (Å²) < 4.78 is 5.73. The van der Waals surface area contributed by atoms with Gasteiger partial charge in [-0.25, -0.2) is 9.97 Å². The minimum Gasteiger partial charge on any atom is -0.494 e. The third kappa shape index (κ3) is 4.74. The molecule has 0 amide bonds. The molecule has 0 spiro atoms. The van der Waals surface area contributed by atoms with Crippen molar-refractivity contribution in [1.82, 2.24) is 9.97 Å². The van der Waals surface area contributed by atoms with Gasteiger partial charge in [0.2, 0.25) is 0 Å². The maximum absolute atomic E-state index is 5.73. The van der Waals surface area contributed by atoms with Gasteiger partial charge < -0.3 is 4.74 Å². The largest absolute Gasteiger partial charge is 0.494 e. The Balaban J connectivity index is 2.10. The molecule has 112 valence electrons. The molecule has 1 aromatic carbocycles. The molecular formula is C17H22N2OS. The molecule has 0 fully saturated rings. The van der Waals surface area contributed by atoms with Crippen LogP contribution in [0, 0.1) is 20.8 Å². The van der Waals surface area contributed by atoms with Crippen LogP contribution in [0.15, 0.2) is 34.3 Å². The van der Waals surface area contributed by atoms with Crippen LogP contribution in [-0.2, 0) is 0 Å². The average Bonchev–Trinajstić information content (AvgIpc) is 2.41. The quantitative estimate of drug-likeness (QED) is 0.570. The van der Waals surface area contributed by atoms with Crippen LogP contribution in [-0.4, -0.2) is 16.6 Å². The third-order valence-corrected chi connectivity index (χ3v) is 4.12. The lowest BCUT2D eigenvalue weighted by atomic mass is 10.2. The molecule has 0 atom stereocenters. The van der Waals surface area contributed by atoms with E-state index < -0.39 is 0 Å². The molecule has 4 heteroatoms. The van der Waals surface area contributed by atoms with Crippen LogP contribution in [0.25, 0.3) is 0 Å². The molecule has 21 heavy (non-hydrogen) atoms. The first-order valence-electron chi connectivity index (χ1n) is 7.32. The van der Waals surface area contributed by atoms with Crippen molar-refractivity contribution in [3.63, 3.8) is 0 Å². The zero-order valence-electron chi connectivity index (χ0n) is 13.1. The molecule has 3 nitrogen and oxygen atoms in total. The maximum atomic E-state index is 5.73. The highest BCUT2D eigenvalue weighted by atomic mass is 32.2. The number of aryl methyl sites for hydroxylation is 3. The fourth-order valence-electron chi connectivity index (χ4n) is 2.00. The molecule has 0 aliphatic heterocycles. The monoisotopic (exact) mass is 302 g/mol. The lowest BCUT2D eigenvalue weighted by molar-refractivity contribution is 0.309. The van der Waals surface area contributed by atoms with Crippen molar-refractivity contribution in [2.75, 3.05) is 6.61 Å². The van der Waals surface area contributed by atoms with Crippen molar-refractivity contribution in [3.05, 3.63) is 41.2 Å². The average molecular weight is 302 g/mol. The van der Waals surface area contributed by atoms with Crippen molar-refractivity contribution >= 4 is 11.8 Å². The van der Waals surface area contributed by atoms with Gasteiger partial charge in [0.1, 0.15) is 5.75 Å². The number of hydrogen-bond acceptors (Lipinski definition) is 4. The summed E-state index contributed by atoms with van der Waals surface area (Å²) >= 11 is 1.60. The Morgan fingerprint density at radius 2 is 1.76 bits per heavy atom.